The molecular formula is C17H19F2N7O2. The Morgan fingerprint density at radius 1 is 1.43 bits per heavy atom. The number of hydrogen-bond donors (Lipinski definition) is 3. The minimum atomic E-state index is -2.68. The summed E-state index contributed by atoms with van der Waals surface area (Å²) in [4.78, 5) is 23.2. The number of halogens is 2. The molecule has 0 radical (unpaired) electrons. The third kappa shape index (κ3) is 3.65. The molecule has 3 N–H and O–H groups in total. The van der Waals surface area contributed by atoms with Gasteiger partial charge in [0.2, 0.25) is 0 Å². The van der Waals surface area contributed by atoms with Crippen LogP contribution in [-0.2, 0) is 17.9 Å². The van der Waals surface area contributed by atoms with E-state index in [1.165, 1.54) is 0 Å². The van der Waals surface area contributed by atoms with E-state index in [9.17, 15) is 13.6 Å². The van der Waals surface area contributed by atoms with Gasteiger partial charge >= 0.3 is 6.03 Å². The molecule has 148 valence electrons. The third-order valence-electron chi connectivity index (χ3n) is 4.46. The number of imidazole rings is 1. The molecule has 1 atom stereocenters. The number of nitrogens with one attached hydrogen (secondary N) is 3. The fourth-order valence-corrected chi connectivity index (χ4v) is 3.26. The lowest BCUT2D eigenvalue weighted by atomic mass is 10.1. The Morgan fingerprint density at radius 2 is 2.29 bits per heavy atom. The van der Waals surface area contributed by atoms with Crippen molar-refractivity contribution in [2.45, 2.75) is 38.5 Å². The summed E-state index contributed by atoms with van der Waals surface area (Å²) in [5, 5.41) is 9.97. The predicted molar refractivity (Wildman–Crippen MR) is 95.9 cm³/mol. The van der Waals surface area contributed by atoms with Gasteiger partial charge in [0.15, 0.2) is 11.6 Å². The van der Waals surface area contributed by atoms with E-state index in [4.69, 9.17) is 4.74 Å². The average molecular weight is 391 g/mol. The topological polar surface area (TPSA) is 110 Å². The number of amides is 2. The summed E-state index contributed by atoms with van der Waals surface area (Å²) in [6.07, 6.45) is -1.07. The summed E-state index contributed by atoms with van der Waals surface area (Å²) in [5.41, 5.74) is 1.30. The Hall–Kier alpha value is -3.08. The van der Waals surface area contributed by atoms with Gasteiger partial charge in [-0.15, -0.1) is 0 Å². The van der Waals surface area contributed by atoms with Gasteiger partial charge < -0.3 is 20.4 Å². The van der Waals surface area contributed by atoms with Crippen LogP contribution >= 0.6 is 0 Å². The first-order chi connectivity index (χ1) is 13.5. The van der Waals surface area contributed by atoms with Gasteiger partial charge in [0, 0.05) is 19.3 Å². The lowest BCUT2D eigenvalue weighted by Gasteiger charge is -2.23. The van der Waals surface area contributed by atoms with Gasteiger partial charge in [-0.25, -0.2) is 28.2 Å². The number of methoxy groups -OCH3 is 1. The van der Waals surface area contributed by atoms with Gasteiger partial charge in [0.05, 0.1) is 17.1 Å². The van der Waals surface area contributed by atoms with Crippen LogP contribution in [0.1, 0.15) is 42.8 Å². The predicted octanol–water partition coefficient (Wildman–Crippen LogP) is 2.90. The Bertz CT molecular complexity index is 1000. The number of aromatic amines is 1. The fourth-order valence-electron chi connectivity index (χ4n) is 3.26. The molecule has 9 nitrogen and oxygen atoms in total. The number of rotatable bonds is 5. The fraction of sp³-hybridized carbons (Fsp3) is 0.412. The SMILES string of the molecule is COCc1nc2n(n1)CCCC2NC(=O)Nc1ccc2nc(C(F)F)[nH]c2c1. The summed E-state index contributed by atoms with van der Waals surface area (Å²) in [5.74, 6) is 0.871. The molecule has 0 fully saturated rings. The number of aromatic nitrogens is 5. The summed E-state index contributed by atoms with van der Waals surface area (Å²) >= 11 is 0. The number of benzene rings is 1. The van der Waals surface area contributed by atoms with Crippen molar-refractivity contribution in [1.82, 2.24) is 30.0 Å². The number of nitrogens with zero attached hydrogens (tertiary/aromatic N) is 4. The van der Waals surface area contributed by atoms with Gasteiger partial charge in [-0.1, -0.05) is 0 Å². The van der Waals surface area contributed by atoms with E-state index in [0.29, 0.717) is 35.0 Å². The standard InChI is InChI=1S/C17H19F2N7O2/c1-28-8-13-24-16-11(3-2-6-26(16)25-13)23-17(27)20-9-4-5-10-12(7-9)22-15(21-10)14(18)19/h4-5,7,11,14H,2-3,6,8H2,1H3,(H,21,22)(H2,20,23,27). The van der Waals surface area contributed by atoms with Crippen LogP contribution in [0.15, 0.2) is 18.2 Å². The zero-order chi connectivity index (χ0) is 19.7. The Balaban J connectivity index is 1.45. The van der Waals surface area contributed by atoms with Crippen LogP contribution in [0.2, 0.25) is 0 Å². The number of alkyl halides is 2. The van der Waals surface area contributed by atoms with Crippen LogP contribution < -0.4 is 10.6 Å². The van der Waals surface area contributed by atoms with Crippen molar-refractivity contribution >= 4 is 22.8 Å². The van der Waals surface area contributed by atoms with Crippen molar-refractivity contribution in [2.24, 2.45) is 0 Å². The highest BCUT2D eigenvalue weighted by Crippen LogP contribution is 2.24. The summed E-state index contributed by atoms with van der Waals surface area (Å²) in [6, 6.07) is 4.06. The van der Waals surface area contributed by atoms with Gasteiger partial charge in [0.25, 0.3) is 6.43 Å². The molecule has 1 aliphatic rings. The zero-order valence-corrected chi connectivity index (χ0v) is 15.1. The number of aryl methyl sites for hydroxylation is 1. The van der Waals surface area contributed by atoms with E-state index in [1.54, 1.807) is 30.0 Å². The highest BCUT2D eigenvalue weighted by Gasteiger charge is 2.25. The van der Waals surface area contributed by atoms with Crippen molar-refractivity contribution < 1.29 is 18.3 Å². The summed E-state index contributed by atoms with van der Waals surface area (Å²) < 4.78 is 32.3. The molecule has 4 rings (SSSR count). The zero-order valence-electron chi connectivity index (χ0n) is 15.1. The Morgan fingerprint density at radius 3 is 3.07 bits per heavy atom. The molecule has 0 saturated carbocycles. The number of anilines is 1. The number of fused-ring (bicyclic) bond motifs is 2. The largest absolute Gasteiger partial charge is 0.377 e. The van der Waals surface area contributed by atoms with Crippen LogP contribution in [0, 0.1) is 0 Å². The number of ether oxygens (including phenoxy) is 1. The molecule has 3 heterocycles. The minimum absolute atomic E-state index is 0.270. The maximum Gasteiger partial charge on any atom is 0.319 e. The van der Waals surface area contributed by atoms with Crippen molar-refractivity contribution in [1.29, 1.82) is 0 Å². The molecule has 1 aromatic carbocycles. The second kappa shape index (κ2) is 7.50. The second-order valence-electron chi connectivity index (χ2n) is 6.49. The van der Waals surface area contributed by atoms with Gasteiger partial charge in [0.1, 0.15) is 12.4 Å². The molecule has 2 amide bonds. The van der Waals surface area contributed by atoms with Crippen LogP contribution in [0.4, 0.5) is 19.3 Å². The lowest BCUT2D eigenvalue weighted by molar-refractivity contribution is 0.142. The molecule has 2 aromatic heterocycles. The number of H-pyrrole nitrogens is 1. The van der Waals surface area contributed by atoms with Crippen molar-refractivity contribution in [3.05, 3.63) is 35.7 Å². The van der Waals surface area contributed by atoms with E-state index < -0.39 is 18.3 Å². The smallest absolute Gasteiger partial charge is 0.319 e. The molecule has 28 heavy (non-hydrogen) atoms. The number of carbonyl (C=O) groups excluding carboxylic acids is 1. The van der Waals surface area contributed by atoms with Crippen molar-refractivity contribution in [3.63, 3.8) is 0 Å². The summed E-state index contributed by atoms with van der Waals surface area (Å²) in [7, 11) is 1.57. The number of hydrogen-bond acceptors (Lipinski definition) is 5. The molecule has 3 aromatic rings. The van der Waals surface area contributed by atoms with Crippen molar-refractivity contribution in [2.75, 3.05) is 12.4 Å². The monoisotopic (exact) mass is 391 g/mol. The Labute approximate surface area is 158 Å². The number of urea groups is 1. The van der Waals surface area contributed by atoms with E-state index in [0.717, 1.165) is 19.4 Å². The van der Waals surface area contributed by atoms with Gasteiger partial charge in [-0.2, -0.15) is 5.10 Å². The van der Waals surface area contributed by atoms with E-state index >= 15 is 0 Å². The van der Waals surface area contributed by atoms with Crippen LogP contribution in [0.3, 0.4) is 0 Å². The van der Waals surface area contributed by atoms with Gasteiger partial charge in [-0.3, -0.25) is 0 Å². The first-order valence-corrected chi connectivity index (χ1v) is 8.81. The molecule has 0 bridgehead atoms. The van der Waals surface area contributed by atoms with Gasteiger partial charge in [-0.05, 0) is 31.0 Å². The maximum absolute atomic E-state index is 12.8. The molecular weight excluding hydrogens is 372 g/mol. The van der Waals surface area contributed by atoms with E-state index in [1.807, 2.05) is 0 Å². The van der Waals surface area contributed by atoms with Crippen molar-refractivity contribution in [3.8, 4) is 0 Å². The maximum atomic E-state index is 12.8. The first kappa shape index (κ1) is 18.3. The molecule has 0 spiro atoms. The second-order valence-corrected chi connectivity index (χ2v) is 6.49. The molecule has 0 aliphatic carbocycles. The highest BCUT2D eigenvalue weighted by molar-refractivity contribution is 5.92. The lowest BCUT2D eigenvalue weighted by Crippen LogP contribution is -2.36. The highest BCUT2D eigenvalue weighted by atomic mass is 19.3. The molecule has 1 unspecified atom stereocenters. The average Bonchev–Trinajstić information content (AvgIpc) is 3.26. The van der Waals surface area contributed by atoms with E-state index in [-0.39, 0.29) is 6.04 Å². The molecule has 0 saturated heterocycles. The van der Waals surface area contributed by atoms with Crippen LogP contribution in [0.25, 0.3) is 11.0 Å². The molecule has 11 heteroatoms. The Kier molecular flexibility index (Phi) is 4.90. The number of carbonyl (C=O) groups is 1. The minimum Gasteiger partial charge on any atom is -0.377 e. The van der Waals surface area contributed by atoms with E-state index in [2.05, 4.69) is 30.7 Å². The van der Waals surface area contributed by atoms with Crippen LogP contribution in [-0.4, -0.2) is 37.9 Å². The van der Waals surface area contributed by atoms with Crippen LogP contribution in [0.5, 0.6) is 0 Å². The quantitative estimate of drug-likeness (QED) is 0.620. The normalized spacial score (nSPS) is 16.4. The third-order valence-corrected chi connectivity index (χ3v) is 4.46. The molecule has 1 aliphatic heterocycles. The first-order valence-electron chi connectivity index (χ1n) is 8.81. The summed E-state index contributed by atoms with van der Waals surface area (Å²) in [6.45, 7) is 1.05.